The van der Waals surface area contributed by atoms with Crippen molar-refractivity contribution in [2.24, 2.45) is 17.3 Å². The fourth-order valence-electron chi connectivity index (χ4n) is 3.69. The Morgan fingerprint density at radius 2 is 1.70 bits per heavy atom. The van der Waals surface area contributed by atoms with Gasteiger partial charge in [-0.2, -0.15) is 0 Å². The van der Waals surface area contributed by atoms with E-state index in [1.807, 2.05) is 19.2 Å². The third-order valence-corrected chi connectivity index (χ3v) is 5.02. The first-order valence-corrected chi connectivity index (χ1v) is 7.85. The van der Waals surface area contributed by atoms with E-state index in [9.17, 15) is 4.39 Å². The van der Waals surface area contributed by atoms with E-state index in [1.54, 1.807) is 12.1 Å². The number of rotatable bonds is 3. The third kappa shape index (κ3) is 3.41. The molecule has 0 aromatic heterocycles. The van der Waals surface area contributed by atoms with Crippen molar-refractivity contribution in [3.05, 3.63) is 35.6 Å². The second-order valence-electron chi connectivity index (χ2n) is 7.27. The molecule has 1 saturated carbocycles. The lowest BCUT2D eigenvalue weighted by Gasteiger charge is -2.39. The highest BCUT2D eigenvalue weighted by molar-refractivity contribution is 5.22. The first kappa shape index (κ1) is 15.5. The van der Waals surface area contributed by atoms with Crippen LogP contribution in [0.5, 0.6) is 0 Å². The number of hydrogen-bond donors (Lipinski definition) is 1. The summed E-state index contributed by atoms with van der Waals surface area (Å²) in [6.45, 7) is 7.01. The summed E-state index contributed by atoms with van der Waals surface area (Å²) in [6.07, 6.45) is 4.92. The van der Waals surface area contributed by atoms with Crippen molar-refractivity contribution in [1.29, 1.82) is 0 Å². The Morgan fingerprint density at radius 3 is 2.20 bits per heavy atom. The van der Waals surface area contributed by atoms with Gasteiger partial charge in [0.15, 0.2) is 0 Å². The molecule has 1 aliphatic rings. The van der Waals surface area contributed by atoms with Gasteiger partial charge in [-0.15, -0.1) is 0 Å². The van der Waals surface area contributed by atoms with E-state index in [-0.39, 0.29) is 11.9 Å². The lowest BCUT2D eigenvalue weighted by atomic mass is 9.68. The van der Waals surface area contributed by atoms with Crippen molar-refractivity contribution in [2.75, 3.05) is 7.05 Å². The Labute approximate surface area is 123 Å². The van der Waals surface area contributed by atoms with Gasteiger partial charge in [-0.1, -0.05) is 39.0 Å². The van der Waals surface area contributed by atoms with Crippen LogP contribution < -0.4 is 5.32 Å². The van der Waals surface area contributed by atoms with E-state index in [0.717, 1.165) is 11.5 Å². The van der Waals surface area contributed by atoms with Gasteiger partial charge in [0.2, 0.25) is 0 Å². The van der Waals surface area contributed by atoms with Crippen molar-refractivity contribution in [3.63, 3.8) is 0 Å². The van der Waals surface area contributed by atoms with Crippen LogP contribution in [0.4, 0.5) is 4.39 Å². The van der Waals surface area contributed by atoms with Gasteiger partial charge in [-0.25, -0.2) is 4.39 Å². The molecule has 0 spiro atoms. The van der Waals surface area contributed by atoms with Crippen LogP contribution in [0.1, 0.15) is 58.1 Å². The SMILES string of the molecule is CNC(c1ccccc1F)C1CCC(C(C)(C)C)CC1. The Kier molecular flexibility index (Phi) is 4.85. The molecule has 1 unspecified atom stereocenters. The Morgan fingerprint density at radius 1 is 1.10 bits per heavy atom. The van der Waals surface area contributed by atoms with Crippen molar-refractivity contribution in [2.45, 2.75) is 52.5 Å². The summed E-state index contributed by atoms with van der Waals surface area (Å²) in [6, 6.07) is 7.34. The molecule has 0 heterocycles. The monoisotopic (exact) mass is 277 g/mol. The summed E-state index contributed by atoms with van der Waals surface area (Å²) in [5.74, 6) is 1.28. The largest absolute Gasteiger partial charge is 0.313 e. The van der Waals surface area contributed by atoms with Crippen LogP contribution in [0.2, 0.25) is 0 Å². The Hall–Kier alpha value is -0.890. The average molecular weight is 277 g/mol. The maximum absolute atomic E-state index is 14.0. The quantitative estimate of drug-likeness (QED) is 0.825. The van der Waals surface area contributed by atoms with Crippen molar-refractivity contribution < 1.29 is 4.39 Å². The molecule has 1 N–H and O–H groups in total. The van der Waals surface area contributed by atoms with Crippen LogP contribution in [0, 0.1) is 23.1 Å². The summed E-state index contributed by atoms with van der Waals surface area (Å²) in [4.78, 5) is 0. The van der Waals surface area contributed by atoms with Gasteiger partial charge in [0.05, 0.1) is 0 Å². The van der Waals surface area contributed by atoms with Gasteiger partial charge in [-0.05, 0) is 56.0 Å². The first-order valence-electron chi connectivity index (χ1n) is 7.85. The fraction of sp³-hybridized carbons (Fsp3) is 0.667. The van der Waals surface area contributed by atoms with Crippen molar-refractivity contribution in [1.82, 2.24) is 5.32 Å². The minimum Gasteiger partial charge on any atom is -0.313 e. The van der Waals surface area contributed by atoms with Gasteiger partial charge in [0, 0.05) is 11.6 Å². The molecule has 1 fully saturated rings. The molecular formula is C18H28FN. The van der Waals surface area contributed by atoms with Crippen LogP contribution in [0.3, 0.4) is 0 Å². The molecule has 1 atom stereocenters. The maximum Gasteiger partial charge on any atom is 0.127 e. The summed E-state index contributed by atoms with van der Waals surface area (Å²) in [7, 11) is 1.95. The lowest BCUT2D eigenvalue weighted by molar-refractivity contribution is 0.133. The summed E-state index contributed by atoms with van der Waals surface area (Å²) in [5.41, 5.74) is 1.23. The second kappa shape index (κ2) is 6.26. The third-order valence-electron chi connectivity index (χ3n) is 5.02. The van der Waals surface area contributed by atoms with Crippen molar-refractivity contribution in [3.8, 4) is 0 Å². The molecule has 20 heavy (non-hydrogen) atoms. The van der Waals surface area contributed by atoms with E-state index in [1.165, 1.54) is 25.7 Å². The van der Waals surface area contributed by atoms with Crippen LogP contribution in [-0.4, -0.2) is 7.05 Å². The zero-order valence-corrected chi connectivity index (χ0v) is 13.2. The van der Waals surface area contributed by atoms with Gasteiger partial charge < -0.3 is 5.32 Å². The summed E-state index contributed by atoms with van der Waals surface area (Å²) in [5, 5.41) is 3.34. The van der Waals surface area contributed by atoms with Crippen LogP contribution in [-0.2, 0) is 0 Å². The predicted molar refractivity (Wildman–Crippen MR) is 83.1 cm³/mol. The molecule has 0 saturated heterocycles. The predicted octanol–water partition coefficient (Wildman–Crippen LogP) is 4.94. The smallest absolute Gasteiger partial charge is 0.127 e. The Balaban J connectivity index is 2.06. The van der Waals surface area contributed by atoms with Crippen LogP contribution in [0.25, 0.3) is 0 Å². The molecule has 112 valence electrons. The normalized spacial score (nSPS) is 25.4. The molecule has 1 aromatic rings. The maximum atomic E-state index is 14.0. The van der Waals surface area contributed by atoms with E-state index in [0.29, 0.717) is 11.3 Å². The van der Waals surface area contributed by atoms with Gasteiger partial charge in [0.1, 0.15) is 5.82 Å². The second-order valence-corrected chi connectivity index (χ2v) is 7.27. The molecule has 1 aliphatic carbocycles. The Bertz CT molecular complexity index is 427. The van der Waals surface area contributed by atoms with E-state index < -0.39 is 0 Å². The van der Waals surface area contributed by atoms with E-state index in [4.69, 9.17) is 0 Å². The molecular weight excluding hydrogens is 249 g/mol. The number of hydrogen-bond acceptors (Lipinski definition) is 1. The van der Waals surface area contributed by atoms with E-state index in [2.05, 4.69) is 26.1 Å². The first-order chi connectivity index (χ1) is 9.43. The molecule has 1 nitrogen and oxygen atoms in total. The standard InChI is InChI=1S/C18H28FN/c1-18(2,3)14-11-9-13(10-12-14)17(20-4)15-7-5-6-8-16(15)19/h5-8,13-14,17,20H,9-12H2,1-4H3. The number of halogens is 1. The highest BCUT2D eigenvalue weighted by atomic mass is 19.1. The van der Waals surface area contributed by atoms with Gasteiger partial charge >= 0.3 is 0 Å². The van der Waals surface area contributed by atoms with Gasteiger partial charge in [-0.3, -0.25) is 0 Å². The molecule has 0 amide bonds. The highest BCUT2D eigenvalue weighted by Gasteiger charge is 2.33. The van der Waals surface area contributed by atoms with Crippen LogP contribution >= 0.6 is 0 Å². The fourth-order valence-corrected chi connectivity index (χ4v) is 3.69. The zero-order valence-electron chi connectivity index (χ0n) is 13.2. The minimum atomic E-state index is -0.0789. The molecule has 0 radical (unpaired) electrons. The topological polar surface area (TPSA) is 12.0 Å². The minimum absolute atomic E-state index is 0.0789. The average Bonchev–Trinajstić information content (AvgIpc) is 2.41. The lowest BCUT2D eigenvalue weighted by Crippen LogP contribution is -2.32. The molecule has 0 bridgehead atoms. The molecule has 0 aliphatic heterocycles. The van der Waals surface area contributed by atoms with Crippen molar-refractivity contribution >= 4 is 0 Å². The van der Waals surface area contributed by atoms with Gasteiger partial charge in [0.25, 0.3) is 0 Å². The zero-order chi connectivity index (χ0) is 14.8. The molecule has 2 heteroatoms. The summed E-state index contributed by atoms with van der Waals surface area (Å²) >= 11 is 0. The molecule has 1 aromatic carbocycles. The highest BCUT2D eigenvalue weighted by Crippen LogP contribution is 2.43. The van der Waals surface area contributed by atoms with E-state index >= 15 is 0 Å². The van der Waals surface area contributed by atoms with Crippen LogP contribution in [0.15, 0.2) is 24.3 Å². The molecule has 2 rings (SSSR count). The number of nitrogens with one attached hydrogen (secondary N) is 1. The summed E-state index contributed by atoms with van der Waals surface area (Å²) < 4.78 is 14.0. The number of benzene rings is 1.